The Labute approximate surface area is 130 Å². The van der Waals surface area contributed by atoms with E-state index in [0.717, 1.165) is 0 Å². The number of anilines is 2. The number of amides is 1. The number of benzene rings is 2. The summed E-state index contributed by atoms with van der Waals surface area (Å²) >= 11 is 0. The number of nitrogens with two attached hydrogens (primary N) is 1. The summed E-state index contributed by atoms with van der Waals surface area (Å²) in [7, 11) is -3.59. The van der Waals surface area contributed by atoms with Crippen molar-refractivity contribution in [3.05, 3.63) is 48.5 Å². The van der Waals surface area contributed by atoms with E-state index in [9.17, 15) is 13.2 Å². The summed E-state index contributed by atoms with van der Waals surface area (Å²) in [4.78, 5) is 12.0. The molecule has 2 aromatic rings. The maximum atomic E-state index is 12.5. The zero-order chi connectivity index (χ0) is 16.3. The molecule has 0 unspecified atom stereocenters. The highest BCUT2D eigenvalue weighted by molar-refractivity contribution is 7.91. The second-order valence-electron chi connectivity index (χ2n) is 5.24. The van der Waals surface area contributed by atoms with Crippen molar-refractivity contribution in [3.63, 3.8) is 0 Å². The molecular formula is C16H18N2O3S. The van der Waals surface area contributed by atoms with Crippen LogP contribution >= 0.6 is 0 Å². The molecule has 0 aromatic heterocycles. The van der Waals surface area contributed by atoms with Crippen molar-refractivity contribution >= 4 is 27.1 Å². The number of sulfone groups is 1. The fourth-order valence-corrected chi connectivity index (χ4v) is 3.05. The third-order valence-electron chi connectivity index (χ3n) is 3.15. The number of hydrogen-bond donors (Lipinski definition) is 2. The number of carbonyl (C=O) groups excluding carboxylic acids is 1. The number of nitrogen functional groups attached to an aromatic ring is 1. The molecule has 0 atom stereocenters. The topological polar surface area (TPSA) is 89.3 Å². The van der Waals surface area contributed by atoms with Gasteiger partial charge in [-0.15, -0.1) is 0 Å². The van der Waals surface area contributed by atoms with Crippen LogP contribution in [-0.4, -0.2) is 14.3 Å². The van der Waals surface area contributed by atoms with Crippen LogP contribution < -0.4 is 11.1 Å². The average molecular weight is 318 g/mol. The molecule has 5 nitrogen and oxygen atoms in total. The van der Waals surface area contributed by atoms with Gasteiger partial charge in [-0.05, 0) is 48.5 Å². The summed E-state index contributed by atoms with van der Waals surface area (Å²) in [5, 5.41) is 2.72. The predicted molar refractivity (Wildman–Crippen MR) is 86.2 cm³/mol. The first-order valence-corrected chi connectivity index (χ1v) is 8.30. The summed E-state index contributed by atoms with van der Waals surface area (Å²) in [5.41, 5.74) is 6.63. The number of hydrogen-bond acceptors (Lipinski definition) is 4. The van der Waals surface area contributed by atoms with Crippen LogP contribution in [0, 0.1) is 5.92 Å². The Kier molecular flexibility index (Phi) is 4.51. The van der Waals surface area contributed by atoms with Gasteiger partial charge in [0.15, 0.2) is 0 Å². The molecule has 6 heteroatoms. The van der Waals surface area contributed by atoms with E-state index in [-0.39, 0.29) is 21.6 Å². The molecule has 0 bridgehead atoms. The predicted octanol–water partition coefficient (Wildman–Crippen LogP) is 2.70. The largest absolute Gasteiger partial charge is 0.399 e. The van der Waals surface area contributed by atoms with E-state index < -0.39 is 9.84 Å². The van der Waals surface area contributed by atoms with E-state index in [1.165, 1.54) is 24.3 Å². The Bertz CT molecular complexity index is 764. The van der Waals surface area contributed by atoms with E-state index in [4.69, 9.17) is 5.73 Å². The summed E-state index contributed by atoms with van der Waals surface area (Å²) in [6, 6.07) is 12.1. The monoisotopic (exact) mass is 318 g/mol. The smallest absolute Gasteiger partial charge is 0.226 e. The van der Waals surface area contributed by atoms with E-state index in [0.29, 0.717) is 11.4 Å². The van der Waals surface area contributed by atoms with Crippen LogP contribution in [0.15, 0.2) is 58.3 Å². The maximum absolute atomic E-state index is 12.5. The third-order valence-corrected chi connectivity index (χ3v) is 4.93. The standard InChI is InChI=1S/C16H18N2O3S/c1-11(2)16(19)18-13-5-9-15(10-6-13)22(20,21)14-7-3-12(17)4-8-14/h3-11H,17H2,1-2H3,(H,18,19). The van der Waals surface area contributed by atoms with Gasteiger partial charge in [0, 0.05) is 17.3 Å². The lowest BCUT2D eigenvalue weighted by atomic mass is 10.2. The Hall–Kier alpha value is -2.34. The lowest BCUT2D eigenvalue weighted by molar-refractivity contribution is -0.118. The molecule has 0 aliphatic rings. The number of carbonyl (C=O) groups is 1. The molecule has 2 aromatic carbocycles. The van der Waals surface area contributed by atoms with Crippen LogP contribution in [0.1, 0.15) is 13.8 Å². The van der Waals surface area contributed by atoms with Crippen molar-refractivity contribution in [2.45, 2.75) is 23.6 Å². The van der Waals surface area contributed by atoms with Crippen LogP contribution in [0.4, 0.5) is 11.4 Å². The fraction of sp³-hybridized carbons (Fsp3) is 0.188. The highest BCUT2D eigenvalue weighted by Crippen LogP contribution is 2.23. The molecule has 1 amide bonds. The van der Waals surface area contributed by atoms with Crippen LogP contribution in [0.3, 0.4) is 0 Å². The zero-order valence-corrected chi connectivity index (χ0v) is 13.2. The second kappa shape index (κ2) is 6.19. The minimum atomic E-state index is -3.59. The molecule has 0 saturated heterocycles. The van der Waals surface area contributed by atoms with E-state index in [2.05, 4.69) is 5.32 Å². The van der Waals surface area contributed by atoms with Gasteiger partial charge in [0.1, 0.15) is 0 Å². The van der Waals surface area contributed by atoms with Gasteiger partial charge in [-0.3, -0.25) is 4.79 Å². The number of rotatable bonds is 4. The summed E-state index contributed by atoms with van der Waals surface area (Å²) in [5.74, 6) is -0.257. The molecule has 0 heterocycles. The average Bonchev–Trinajstić information content (AvgIpc) is 2.48. The van der Waals surface area contributed by atoms with Crippen molar-refractivity contribution in [2.24, 2.45) is 5.92 Å². The Morgan fingerprint density at radius 2 is 1.41 bits per heavy atom. The van der Waals surface area contributed by atoms with Gasteiger partial charge in [-0.1, -0.05) is 13.8 Å². The fourth-order valence-electron chi connectivity index (χ4n) is 1.79. The molecule has 116 valence electrons. The van der Waals surface area contributed by atoms with Crippen molar-refractivity contribution < 1.29 is 13.2 Å². The van der Waals surface area contributed by atoms with Gasteiger partial charge in [-0.2, -0.15) is 0 Å². The SMILES string of the molecule is CC(C)C(=O)Nc1ccc(S(=O)(=O)c2ccc(N)cc2)cc1. The molecule has 22 heavy (non-hydrogen) atoms. The van der Waals surface area contributed by atoms with Crippen molar-refractivity contribution in [3.8, 4) is 0 Å². The minimum absolute atomic E-state index is 0.117. The molecule has 0 fully saturated rings. The van der Waals surface area contributed by atoms with E-state index in [1.807, 2.05) is 0 Å². The first-order chi connectivity index (χ1) is 10.3. The van der Waals surface area contributed by atoms with Crippen molar-refractivity contribution in [1.29, 1.82) is 0 Å². The van der Waals surface area contributed by atoms with Gasteiger partial charge in [0.05, 0.1) is 9.79 Å². The number of nitrogens with one attached hydrogen (secondary N) is 1. The van der Waals surface area contributed by atoms with Gasteiger partial charge < -0.3 is 11.1 Å². The molecule has 0 spiro atoms. The molecule has 3 N–H and O–H groups in total. The van der Waals surface area contributed by atoms with Crippen molar-refractivity contribution in [1.82, 2.24) is 0 Å². The highest BCUT2D eigenvalue weighted by atomic mass is 32.2. The molecule has 0 aliphatic heterocycles. The summed E-state index contributed by atoms with van der Waals surface area (Å²) < 4.78 is 24.9. The molecular weight excluding hydrogens is 300 g/mol. The normalized spacial score (nSPS) is 11.4. The third kappa shape index (κ3) is 3.46. The van der Waals surface area contributed by atoms with Gasteiger partial charge in [0.25, 0.3) is 0 Å². The summed E-state index contributed by atoms with van der Waals surface area (Å²) in [6.45, 7) is 3.57. The Morgan fingerprint density at radius 3 is 1.86 bits per heavy atom. The highest BCUT2D eigenvalue weighted by Gasteiger charge is 2.17. The minimum Gasteiger partial charge on any atom is -0.399 e. The molecule has 0 aliphatic carbocycles. The molecule has 0 radical (unpaired) electrons. The molecule has 0 saturated carbocycles. The maximum Gasteiger partial charge on any atom is 0.226 e. The lowest BCUT2D eigenvalue weighted by Gasteiger charge is -2.09. The Balaban J connectivity index is 2.26. The Morgan fingerprint density at radius 1 is 0.955 bits per heavy atom. The van der Waals surface area contributed by atoms with Crippen LogP contribution in [0.2, 0.25) is 0 Å². The first kappa shape index (κ1) is 16.0. The van der Waals surface area contributed by atoms with E-state index in [1.54, 1.807) is 38.1 Å². The van der Waals surface area contributed by atoms with Crippen molar-refractivity contribution in [2.75, 3.05) is 11.1 Å². The van der Waals surface area contributed by atoms with E-state index >= 15 is 0 Å². The van der Waals surface area contributed by atoms with Crippen LogP contribution in [0.5, 0.6) is 0 Å². The zero-order valence-electron chi connectivity index (χ0n) is 12.4. The molecule has 2 rings (SSSR count). The lowest BCUT2D eigenvalue weighted by Crippen LogP contribution is -2.17. The van der Waals surface area contributed by atoms with Crippen LogP contribution in [0.25, 0.3) is 0 Å². The van der Waals surface area contributed by atoms with Gasteiger partial charge >= 0.3 is 0 Å². The van der Waals surface area contributed by atoms with Gasteiger partial charge in [-0.25, -0.2) is 8.42 Å². The van der Waals surface area contributed by atoms with Crippen LogP contribution in [-0.2, 0) is 14.6 Å². The summed E-state index contributed by atoms with van der Waals surface area (Å²) in [6.07, 6.45) is 0. The second-order valence-corrected chi connectivity index (χ2v) is 7.19. The quantitative estimate of drug-likeness (QED) is 0.848. The van der Waals surface area contributed by atoms with Gasteiger partial charge in [0.2, 0.25) is 15.7 Å². The first-order valence-electron chi connectivity index (χ1n) is 6.82.